The maximum atomic E-state index is 12.9. The fourth-order valence-corrected chi connectivity index (χ4v) is 6.41. The molecule has 4 rings (SSSR count). The normalized spacial score (nSPS) is 29.8. The molecule has 31 heavy (non-hydrogen) atoms. The molecule has 4 saturated carbocycles. The molecule has 0 aromatic carbocycles. The Kier molecular flexibility index (Phi) is 7.37. The number of nitrogens with one attached hydrogen (secondary N) is 3. The number of nitrogens with two attached hydrogens (primary N) is 1. The van der Waals surface area contributed by atoms with Crippen molar-refractivity contribution in [3.05, 3.63) is 0 Å². The topological polar surface area (TPSA) is 123 Å². The van der Waals surface area contributed by atoms with Gasteiger partial charge in [0.15, 0.2) is 0 Å². The lowest BCUT2D eigenvalue weighted by atomic mass is 9.49. The number of amides is 4. The van der Waals surface area contributed by atoms with Crippen LogP contribution < -0.4 is 21.7 Å². The first-order chi connectivity index (χ1) is 14.5. The van der Waals surface area contributed by atoms with Gasteiger partial charge in [-0.25, -0.2) is 9.59 Å². The summed E-state index contributed by atoms with van der Waals surface area (Å²) in [6.07, 6.45) is 9.48. The van der Waals surface area contributed by atoms with E-state index in [0.717, 1.165) is 24.2 Å². The maximum Gasteiger partial charge on any atom is 0.408 e. The van der Waals surface area contributed by atoms with E-state index < -0.39 is 23.8 Å². The molecule has 8 nitrogen and oxygen atoms in total. The van der Waals surface area contributed by atoms with Crippen LogP contribution in [-0.2, 0) is 9.53 Å². The molecule has 0 aliphatic heterocycles. The molecule has 0 aromatic heterocycles. The van der Waals surface area contributed by atoms with Crippen molar-refractivity contribution >= 4 is 18.0 Å². The van der Waals surface area contributed by atoms with Crippen LogP contribution in [0.3, 0.4) is 0 Å². The molecule has 4 aliphatic carbocycles. The molecule has 0 heterocycles. The van der Waals surface area contributed by atoms with E-state index in [1.807, 2.05) is 0 Å². The molecule has 4 fully saturated rings. The van der Waals surface area contributed by atoms with Crippen molar-refractivity contribution in [3.63, 3.8) is 0 Å². The Morgan fingerprint density at radius 1 is 1.00 bits per heavy atom. The summed E-state index contributed by atoms with van der Waals surface area (Å²) in [5.74, 6) is 2.47. The standard InChI is InChI=1S/C23H40N4O4/c1-22(2,3)31-21(30)27-18(5-4-7-26-20(24)29)19(28)25-8-6-23-12-15-9-16(13-23)11-17(10-15)14-23/h15-18H,4-14H2,1-3H3,(H,25,28)(H,27,30)(H3,24,26,29)/t15?,16?,17?,18-,23?/m0/s1. The van der Waals surface area contributed by atoms with E-state index >= 15 is 0 Å². The van der Waals surface area contributed by atoms with Gasteiger partial charge in [0.2, 0.25) is 5.91 Å². The summed E-state index contributed by atoms with van der Waals surface area (Å²) in [5, 5.41) is 8.26. The van der Waals surface area contributed by atoms with Crippen molar-refractivity contribution in [2.45, 2.75) is 90.2 Å². The molecule has 0 unspecified atom stereocenters. The lowest BCUT2D eigenvalue weighted by Gasteiger charge is -2.57. The fraction of sp³-hybridized carbons (Fsp3) is 0.870. The van der Waals surface area contributed by atoms with Crippen molar-refractivity contribution in [1.29, 1.82) is 0 Å². The van der Waals surface area contributed by atoms with Crippen LogP contribution in [-0.4, -0.2) is 42.8 Å². The van der Waals surface area contributed by atoms with Crippen LogP contribution >= 0.6 is 0 Å². The number of ether oxygens (including phenoxy) is 1. The van der Waals surface area contributed by atoms with Gasteiger partial charge in [0.05, 0.1) is 0 Å². The van der Waals surface area contributed by atoms with E-state index in [9.17, 15) is 14.4 Å². The monoisotopic (exact) mass is 436 g/mol. The predicted octanol–water partition coefficient (Wildman–Crippen LogP) is 3.05. The summed E-state index contributed by atoms with van der Waals surface area (Å²) in [5.41, 5.74) is 4.85. The highest BCUT2D eigenvalue weighted by Gasteiger charge is 2.50. The minimum Gasteiger partial charge on any atom is -0.444 e. The number of urea groups is 1. The third-order valence-electron chi connectivity index (χ3n) is 7.10. The van der Waals surface area contributed by atoms with Crippen molar-refractivity contribution in [2.75, 3.05) is 13.1 Å². The third-order valence-corrected chi connectivity index (χ3v) is 7.10. The molecule has 4 amide bonds. The molecule has 4 bridgehead atoms. The predicted molar refractivity (Wildman–Crippen MR) is 118 cm³/mol. The van der Waals surface area contributed by atoms with Gasteiger partial charge in [-0.05, 0) is 102 Å². The summed E-state index contributed by atoms with van der Waals surface area (Å²) in [7, 11) is 0. The van der Waals surface area contributed by atoms with Crippen molar-refractivity contribution in [1.82, 2.24) is 16.0 Å². The van der Waals surface area contributed by atoms with Gasteiger partial charge in [0.25, 0.3) is 0 Å². The zero-order valence-electron chi connectivity index (χ0n) is 19.3. The molecule has 0 radical (unpaired) electrons. The number of rotatable bonds is 9. The van der Waals surface area contributed by atoms with Gasteiger partial charge in [-0.3, -0.25) is 4.79 Å². The average molecular weight is 437 g/mol. The second-order valence-corrected chi connectivity index (χ2v) is 11.1. The number of carbonyl (C=O) groups is 3. The van der Waals surface area contributed by atoms with Gasteiger partial charge in [-0.1, -0.05) is 0 Å². The third kappa shape index (κ3) is 7.01. The Balaban J connectivity index is 1.49. The van der Waals surface area contributed by atoms with E-state index in [-0.39, 0.29) is 5.91 Å². The number of alkyl carbamates (subject to hydrolysis) is 1. The number of hydrogen-bond donors (Lipinski definition) is 4. The van der Waals surface area contributed by atoms with E-state index in [1.54, 1.807) is 20.8 Å². The Hall–Kier alpha value is -1.99. The van der Waals surface area contributed by atoms with Crippen LogP contribution in [0.5, 0.6) is 0 Å². The van der Waals surface area contributed by atoms with Crippen LogP contribution in [0.4, 0.5) is 9.59 Å². The number of primary amides is 1. The highest BCUT2D eigenvalue weighted by atomic mass is 16.6. The first-order valence-corrected chi connectivity index (χ1v) is 11.8. The molecule has 0 aromatic rings. The quantitative estimate of drug-likeness (QED) is 0.415. The Labute approximate surface area is 185 Å². The molecule has 1 atom stereocenters. The lowest BCUT2D eigenvalue weighted by molar-refractivity contribution is -0.123. The van der Waals surface area contributed by atoms with E-state index in [0.29, 0.717) is 31.3 Å². The molecule has 0 saturated heterocycles. The molecule has 4 aliphatic rings. The van der Waals surface area contributed by atoms with Crippen molar-refractivity contribution in [2.24, 2.45) is 28.9 Å². The Bertz CT molecular complexity index is 638. The minimum absolute atomic E-state index is 0.199. The summed E-state index contributed by atoms with van der Waals surface area (Å²) < 4.78 is 5.31. The van der Waals surface area contributed by atoms with E-state index in [4.69, 9.17) is 10.5 Å². The van der Waals surface area contributed by atoms with Crippen LogP contribution in [0, 0.1) is 23.2 Å². The van der Waals surface area contributed by atoms with Gasteiger partial charge in [0.1, 0.15) is 11.6 Å². The smallest absolute Gasteiger partial charge is 0.408 e. The second kappa shape index (κ2) is 9.65. The second-order valence-electron chi connectivity index (χ2n) is 11.1. The minimum atomic E-state index is -0.708. The first-order valence-electron chi connectivity index (χ1n) is 11.8. The van der Waals surface area contributed by atoms with Crippen LogP contribution in [0.25, 0.3) is 0 Å². The van der Waals surface area contributed by atoms with Crippen LogP contribution in [0.1, 0.15) is 78.6 Å². The first kappa shape index (κ1) is 23.7. The van der Waals surface area contributed by atoms with Gasteiger partial charge >= 0.3 is 12.1 Å². The highest BCUT2D eigenvalue weighted by molar-refractivity contribution is 5.85. The molecule has 8 heteroatoms. The van der Waals surface area contributed by atoms with Gasteiger partial charge < -0.3 is 26.4 Å². The van der Waals surface area contributed by atoms with E-state index in [1.165, 1.54) is 38.5 Å². The maximum absolute atomic E-state index is 12.9. The van der Waals surface area contributed by atoms with Gasteiger partial charge in [-0.2, -0.15) is 0 Å². The molecule has 5 N–H and O–H groups in total. The van der Waals surface area contributed by atoms with Crippen LogP contribution in [0.2, 0.25) is 0 Å². The lowest BCUT2D eigenvalue weighted by Crippen LogP contribution is -2.50. The molecular weight excluding hydrogens is 396 g/mol. The SMILES string of the molecule is CC(C)(C)OC(=O)N[C@@H](CCCNC(N)=O)C(=O)NCCC12CC3CC(CC(C3)C1)C2. The molecular formula is C23H40N4O4. The summed E-state index contributed by atoms with van der Waals surface area (Å²) >= 11 is 0. The number of carbonyl (C=O) groups excluding carboxylic acids is 3. The fourth-order valence-electron chi connectivity index (χ4n) is 6.41. The molecule has 176 valence electrons. The summed E-state index contributed by atoms with van der Waals surface area (Å²) in [6.45, 7) is 6.33. The average Bonchev–Trinajstić information content (AvgIpc) is 2.61. The zero-order chi connectivity index (χ0) is 22.6. The van der Waals surface area contributed by atoms with Crippen molar-refractivity contribution in [3.8, 4) is 0 Å². The Morgan fingerprint density at radius 3 is 2.10 bits per heavy atom. The van der Waals surface area contributed by atoms with E-state index in [2.05, 4.69) is 16.0 Å². The van der Waals surface area contributed by atoms with Crippen LogP contribution in [0.15, 0.2) is 0 Å². The summed E-state index contributed by atoms with van der Waals surface area (Å²) in [4.78, 5) is 35.9. The zero-order valence-corrected chi connectivity index (χ0v) is 19.3. The van der Waals surface area contributed by atoms with Gasteiger partial charge in [-0.15, -0.1) is 0 Å². The Morgan fingerprint density at radius 2 is 1.58 bits per heavy atom. The number of hydrogen-bond acceptors (Lipinski definition) is 4. The summed E-state index contributed by atoms with van der Waals surface area (Å²) in [6, 6.07) is -1.31. The highest BCUT2D eigenvalue weighted by Crippen LogP contribution is 2.61. The van der Waals surface area contributed by atoms with Gasteiger partial charge in [0, 0.05) is 13.1 Å². The molecule has 0 spiro atoms. The van der Waals surface area contributed by atoms with Crippen molar-refractivity contribution < 1.29 is 19.1 Å². The largest absolute Gasteiger partial charge is 0.444 e.